The number of carbonyl (C=O) groups excluding carboxylic acids is 1. The van der Waals surface area contributed by atoms with E-state index in [0.29, 0.717) is 0 Å². The van der Waals surface area contributed by atoms with E-state index in [1.807, 2.05) is 0 Å². The molecule has 0 N–H and O–H groups in total. The van der Waals surface area contributed by atoms with Crippen LogP contribution < -0.4 is 0 Å². The molecule has 0 spiro atoms. The number of carbonyl (C=O) groups is 1. The van der Waals surface area contributed by atoms with E-state index in [1.165, 1.54) is 20.9 Å². The maximum absolute atomic E-state index is 11.0. The van der Waals surface area contributed by atoms with Crippen LogP contribution in [0.3, 0.4) is 0 Å². The minimum atomic E-state index is -0.471. The predicted octanol–water partition coefficient (Wildman–Crippen LogP) is 4.08. The van der Waals surface area contributed by atoms with Gasteiger partial charge in [-0.05, 0) is 0 Å². The van der Waals surface area contributed by atoms with Crippen molar-refractivity contribution in [2.45, 2.75) is 34.6 Å². The van der Waals surface area contributed by atoms with Gasteiger partial charge in [-0.1, -0.05) is 0 Å². The molecule has 1 nitrogen and oxygen atoms in total. The minimum absolute atomic E-state index is 0.0387. The molecule has 0 aliphatic heterocycles. The van der Waals surface area contributed by atoms with Gasteiger partial charge in [-0.3, -0.25) is 0 Å². The molecule has 0 fully saturated rings. The van der Waals surface area contributed by atoms with Crippen molar-refractivity contribution in [3.8, 4) is 0 Å². The van der Waals surface area contributed by atoms with E-state index < -0.39 is 17.1 Å². The first kappa shape index (κ1) is 12.1. The average molecular weight is 300 g/mol. The van der Waals surface area contributed by atoms with E-state index in [4.69, 9.17) is 11.6 Å². The Morgan fingerprint density at radius 2 is 1.71 bits per heavy atom. The quantitative estimate of drug-likeness (QED) is 0.555. The third-order valence-corrected chi connectivity index (χ3v) is 5.98. The van der Waals surface area contributed by atoms with E-state index in [-0.39, 0.29) is 9.25 Å². The third kappa shape index (κ3) is 1.87. The molecular formula is C11H15ClORu. The molecule has 0 radical (unpaired) electrons. The van der Waals surface area contributed by atoms with Crippen molar-refractivity contribution < 1.29 is 21.9 Å². The Morgan fingerprint density at radius 3 is 2.00 bits per heavy atom. The molecule has 0 aromatic carbocycles. The number of allylic oxidation sites excluding steroid dienone is 4. The van der Waals surface area contributed by atoms with Gasteiger partial charge in [-0.15, -0.1) is 0 Å². The summed E-state index contributed by atoms with van der Waals surface area (Å²) in [5.41, 5.74) is 4.02. The van der Waals surface area contributed by atoms with Gasteiger partial charge in [0.15, 0.2) is 0 Å². The van der Waals surface area contributed by atoms with Crippen LogP contribution in [0.25, 0.3) is 0 Å². The van der Waals surface area contributed by atoms with Gasteiger partial charge in [0.2, 0.25) is 0 Å². The number of rotatable bonds is 2. The Bertz CT molecular complexity index is 350. The Kier molecular flexibility index (Phi) is 3.38. The van der Waals surface area contributed by atoms with Crippen LogP contribution >= 0.6 is 11.6 Å². The first-order chi connectivity index (χ1) is 6.28. The Hall–Kier alpha value is 0.0634. The first-order valence-electron chi connectivity index (χ1n) is 4.50. The van der Waals surface area contributed by atoms with Crippen LogP contribution in [-0.4, -0.2) is 3.84 Å². The van der Waals surface area contributed by atoms with E-state index in [9.17, 15) is 4.79 Å². The van der Waals surface area contributed by atoms with Crippen LogP contribution in [0, 0.1) is 5.41 Å². The number of hydrogen-bond donors (Lipinski definition) is 0. The second-order valence-electron chi connectivity index (χ2n) is 4.11. The van der Waals surface area contributed by atoms with Crippen molar-refractivity contribution in [1.29, 1.82) is 0 Å². The normalized spacial score (nSPS) is 21.0. The van der Waals surface area contributed by atoms with Crippen LogP contribution in [0.15, 0.2) is 20.9 Å². The summed E-state index contributed by atoms with van der Waals surface area (Å²) in [4.78, 5) is 11.0. The van der Waals surface area contributed by atoms with Gasteiger partial charge in [0.25, 0.3) is 0 Å². The zero-order valence-electron chi connectivity index (χ0n) is 9.14. The fraction of sp³-hybridized carbons (Fsp3) is 0.545. The zero-order valence-corrected chi connectivity index (χ0v) is 11.6. The van der Waals surface area contributed by atoms with Crippen molar-refractivity contribution in [2.24, 2.45) is 5.41 Å². The van der Waals surface area contributed by atoms with Crippen LogP contribution in [0.1, 0.15) is 34.6 Å². The third-order valence-electron chi connectivity index (χ3n) is 3.07. The standard InChI is InChI=1S/C10H15.CClO.Ru/c1-7-6-10(4,5)9(3)8(7)2;2-1-3;/h1-5H3;;. The van der Waals surface area contributed by atoms with Crippen molar-refractivity contribution >= 4 is 15.4 Å². The van der Waals surface area contributed by atoms with Gasteiger partial charge in [0.05, 0.1) is 0 Å². The molecular weight excluding hydrogens is 285 g/mol. The van der Waals surface area contributed by atoms with Gasteiger partial charge < -0.3 is 0 Å². The van der Waals surface area contributed by atoms with E-state index in [2.05, 4.69) is 34.6 Å². The van der Waals surface area contributed by atoms with Gasteiger partial charge >= 0.3 is 98.3 Å². The van der Waals surface area contributed by atoms with Gasteiger partial charge in [-0.2, -0.15) is 0 Å². The molecule has 0 saturated carbocycles. The molecule has 0 aromatic heterocycles. The molecule has 0 unspecified atom stereocenters. The molecule has 0 bridgehead atoms. The van der Waals surface area contributed by atoms with Crippen LogP contribution in [0.2, 0.25) is 0 Å². The Morgan fingerprint density at radius 1 is 1.21 bits per heavy atom. The van der Waals surface area contributed by atoms with Crippen LogP contribution in [0.5, 0.6) is 0 Å². The molecule has 0 atom stereocenters. The van der Waals surface area contributed by atoms with E-state index >= 15 is 0 Å². The number of halogens is 1. The van der Waals surface area contributed by atoms with Crippen LogP contribution in [0.4, 0.5) is 4.79 Å². The molecule has 3 heteroatoms. The molecule has 0 saturated heterocycles. The van der Waals surface area contributed by atoms with Gasteiger partial charge in [-0.25, -0.2) is 0 Å². The summed E-state index contributed by atoms with van der Waals surface area (Å²) in [6.45, 7) is 10.7. The molecule has 80 valence electrons. The summed E-state index contributed by atoms with van der Waals surface area (Å²) in [7, 11) is 0. The summed E-state index contributed by atoms with van der Waals surface area (Å²) in [6.07, 6.45) is 0. The van der Waals surface area contributed by atoms with Crippen molar-refractivity contribution in [2.75, 3.05) is 0 Å². The number of hydrogen-bond acceptors (Lipinski definition) is 1. The fourth-order valence-corrected chi connectivity index (χ4v) is 4.04. The topological polar surface area (TPSA) is 17.1 Å². The molecule has 1 aliphatic carbocycles. The summed E-state index contributed by atoms with van der Waals surface area (Å²) < 4.78 is 1.09. The van der Waals surface area contributed by atoms with Crippen molar-refractivity contribution in [3.05, 3.63) is 20.9 Å². The summed E-state index contributed by atoms with van der Waals surface area (Å²) >= 11 is 5.02. The SMILES string of the molecule is CC1=C(C)C(C)(C)[C]([Ru][C](=O)Cl)=C1C. The van der Waals surface area contributed by atoms with Crippen molar-refractivity contribution in [3.63, 3.8) is 0 Å². The van der Waals surface area contributed by atoms with Crippen LogP contribution in [-0.2, 0) is 17.1 Å². The molecule has 1 rings (SSSR count). The molecule has 0 heterocycles. The molecule has 1 aliphatic rings. The molecule has 14 heavy (non-hydrogen) atoms. The summed E-state index contributed by atoms with van der Waals surface area (Å²) in [5.74, 6) is 0. The predicted molar refractivity (Wildman–Crippen MR) is 56.1 cm³/mol. The average Bonchev–Trinajstić information content (AvgIpc) is 2.20. The van der Waals surface area contributed by atoms with Crippen molar-refractivity contribution in [1.82, 2.24) is 0 Å². The molecule has 0 amide bonds. The van der Waals surface area contributed by atoms with E-state index in [0.717, 1.165) is 0 Å². The van der Waals surface area contributed by atoms with Gasteiger partial charge in [0.1, 0.15) is 0 Å². The second kappa shape index (κ2) is 3.91. The monoisotopic (exact) mass is 300 g/mol. The zero-order chi connectivity index (χ0) is 11.1. The van der Waals surface area contributed by atoms with E-state index in [1.54, 1.807) is 0 Å². The fourth-order valence-electron chi connectivity index (χ4n) is 1.79. The maximum atomic E-state index is 11.0. The Labute approximate surface area is 98.2 Å². The Balaban J connectivity index is 3.15. The van der Waals surface area contributed by atoms with Gasteiger partial charge in [0, 0.05) is 0 Å². The molecule has 0 aromatic rings. The second-order valence-corrected chi connectivity index (χ2v) is 7.04. The first-order valence-corrected chi connectivity index (χ1v) is 6.61. The summed E-state index contributed by atoms with van der Waals surface area (Å²) in [5, 5.41) is 0. The summed E-state index contributed by atoms with van der Waals surface area (Å²) in [6, 6.07) is 0.